The summed E-state index contributed by atoms with van der Waals surface area (Å²) in [6, 6.07) is 0. The van der Waals surface area contributed by atoms with Gasteiger partial charge in [-0.1, -0.05) is 0 Å². The third kappa shape index (κ3) is 16.2. The maximum atomic E-state index is 12.3. The minimum atomic E-state index is -2.04. The van der Waals surface area contributed by atoms with Gasteiger partial charge in [0.15, 0.2) is 41.6 Å². The van der Waals surface area contributed by atoms with Crippen molar-refractivity contribution >= 4 is 47.9 Å². The summed E-state index contributed by atoms with van der Waals surface area (Å²) >= 11 is 0. The van der Waals surface area contributed by atoms with Gasteiger partial charge in [0.1, 0.15) is 18.5 Å². The zero-order valence-corrected chi connectivity index (χ0v) is 28.5. The van der Waals surface area contributed by atoms with Crippen molar-refractivity contribution in [2.24, 2.45) is 0 Å². The zero-order valence-electron chi connectivity index (χ0n) is 23.5. The van der Waals surface area contributed by atoms with Crippen molar-refractivity contribution < 1.29 is 26.9 Å². The minimum Gasteiger partial charge on any atom is -0.415 e. The van der Waals surface area contributed by atoms with Gasteiger partial charge in [-0.05, 0) is 98.2 Å². The molecule has 0 aromatic heterocycles. The van der Waals surface area contributed by atoms with Crippen LogP contribution in [0.4, 0.5) is 0 Å². The quantitative estimate of drug-likeness (QED) is 0.190. The summed E-state index contributed by atoms with van der Waals surface area (Å²) < 4.78 is 32.8. The molecule has 0 aliphatic rings. The molecule has 0 heterocycles. The van der Waals surface area contributed by atoms with Gasteiger partial charge in [-0.2, -0.15) is 0 Å². The van der Waals surface area contributed by atoms with Crippen molar-refractivity contribution in [1.29, 1.82) is 0 Å². The van der Waals surface area contributed by atoms with E-state index in [0.29, 0.717) is 6.61 Å². The third-order valence-electron chi connectivity index (χ3n) is 3.80. The third-order valence-corrected chi connectivity index (χ3v) is 8.78. The summed E-state index contributed by atoms with van der Waals surface area (Å²) in [6.45, 7) is 32.6. The lowest BCUT2D eigenvalue weighted by Crippen LogP contribution is -2.59. The van der Waals surface area contributed by atoms with Crippen LogP contribution in [0.25, 0.3) is 0 Å². The van der Waals surface area contributed by atoms with Crippen LogP contribution in [0.2, 0.25) is 98.2 Å². The van der Waals surface area contributed by atoms with E-state index in [1.54, 1.807) is 0 Å². The topological polar surface area (TPSA) is 63.2 Å². The smallest absolute Gasteiger partial charge is 0.184 e. The summed E-state index contributed by atoms with van der Waals surface area (Å²) in [5.74, 6) is 0. The number of rotatable bonds is 15. The lowest BCUT2D eigenvalue weighted by Gasteiger charge is -2.44. The zero-order chi connectivity index (χ0) is 25.8. The Balaban J connectivity index is 6.51. The SMILES string of the molecule is C[Si](C)(C)OC[C@@H](O[Si](C)(C)C)[C@@H](O[Si](C)(C)C)[C@H](O[Si](C)(C)C)[C@H](C=O)O[Si](C)(C)C. The van der Waals surface area contributed by atoms with Crippen LogP contribution in [0.1, 0.15) is 0 Å². The van der Waals surface area contributed by atoms with Crippen molar-refractivity contribution in [2.75, 3.05) is 6.61 Å². The second kappa shape index (κ2) is 12.0. The Morgan fingerprint density at radius 2 is 0.906 bits per heavy atom. The van der Waals surface area contributed by atoms with E-state index < -0.39 is 59.9 Å². The van der Waals surface area contributed by atoms with E-state index in [2.05, 4.69) is 98.2 Å². The number of hydrogen-bond acceptors (Lipinski definition) is 6. The molecule has 0 aromatic rings. The Kier molecular flexibility index (Phi) is 12.2. The first kappa shape index (κ1) is 32.6. The van der Waals surface area contributed by atoms with Gasteiger partial charge >= 0.3 is 0 Å². The molecule has 0 aliphatic carbocycles. The predicted molar refractivity (Wildman–Crippen MR) is 148 cm³/mol. The first-order valence-corrected chi connectivity index (χ1v) is 28.8. The van der Waals surface area contributed by atoms with Gasteiger partial charge in [-0.25, -0.2) is 0 Å². The molecule has 0 unspecified atom stereocenters. The average Bonchev–Trinajstić information content (AvgIpc) is 2.48. The van der Waals surface area contributed by atoms with Crippen LogP contribution in [0.3, 0.4) is 0 Å². The number of hydrogen-bond donors (Lipinski definition) is 0. The molecule has 0 radical (unpaired) electrons. The number of carbonyl (C=O) groups is 1. The second-order valence-electron chi connectivity index (χ2n) is 13.4. The molecule has 32 heavy (non-hydrogen) atoms. The standard InChI is InChI=1S/C21H52O6Si5/c1-28(2,3)23-17-19(25-30(7,8)9)21(27-32(13,14)15)20(26-31(10,11)12)18(16-22)24-29(4,5)6/h16,18-21H,17H2,1-15H3/t18-,19+,20+,21+/m0/s1. The highest BCUT2D eigenvalue weighted by Gasteiger charge is 2.45. The van der Waals surface area contributed by atoms with Gasteiger partial charge < -0.3 is 26.9 Å². The van der Waals surface area contributed by atoms with Crippen molar-refractivity contribution in [3.63, 3.8) is 0 Å². The monoisotopic (exact) mass is 540 g/mol. The highest BCUT2D eigenvalue weighted by atomic mass is 28.4. The molecule has 0 rings (SSSR count). The van der Waals surface area contributed by atoms with Crippen molar-refractivity contribution in [3.05, 3.63) is 0 Å². The summed E-state index contributed by atoms with van der Waals surface area (Å²) in [6.07, 6.45) is -1.11. The van der Waals surface area contributed by atoms with E-state index in [0.717, 1.165) is 6.29 Å². The van der Waals surface area contributed by atoms with Crippen LogP contribution in [0.5, 0.6) is 0 Å². The van der Waals surface area contributed by atoms with E-state index in [1.807, 2.05) is 0 Å². The van der Waals surface area contributed by atoms with Gasteiger partial charge in [0.05, 0.1) is 18.8 Å². The van der Waals surface area contributed by atoms with Crippen LogP contribution in [-0.2, 0) is 26.9 Å². The second-order valence-corrected chi connectivity index (χ2v) is 35.8. The molecule has 0 spiro atoms. The summed E-state index contributed by atoms with van der Waals surface area (Å²) in [5, 5.41) is 0. The Morgan fingerprint density at radius 3 is 1.22 bits per heavy atom. The molecule has 6 nitrogen and oxygen atoms in total. The highest BCUT2D eigenvalue weighted by molar-refractivity contribution is 6.71. The van der Waals surface area contributed by atoms with Gasteiger partial charge in [0.2, 0.25) is 0 Å². The fourth-order valence-electron chi connectivity index (χ4n) is 3.05. The maximum absolute atomic E-state index is 12.3. The Hall–Kier alpha value is 0.554. The fraction of sp³-hybridized carbons (Fsp3) is 0.952. The molecule has 0 N–H and O–H groups in total. The normalized spacial score (nSPS) is 18.2. The van der Waals surface area contributed by atoms with E-state index in [1.165, 1.54) is 0 Å². The van der Waals surface area contributed by atoms with Gasteiger partial charge in [-0.3, -0.25) is 0 Å². The summed E-state index contributed by atoms with van der Waals surface area (Å²) in [7, 11) is -9.81. The lowest BCUT2D eigenvalue weighted by atomic mass is 10.0. The molecule has 192 valence electrons. The molecule has 0 bridgehead atoms. The Bertz CT molecular complexity index is 570. The predicted octanol–water partition coefficient (Wildman–Crippen LogP) is 5.92. The molecule has 0 aromatic carbocycles. The van der Waals surface area contributed by atoms with Crippen LogP contribution in [0.15, 0.2) is 0 Å². The average molecular weight is 541 g/mol. The fourth-order valence-corrected chi connectivity index (χ4v) is 8.02. The molecule has 4 atom stereocenters. The molecule has 0 saturated heterocycles. The Morgan fingerprint density at radius 1 is 0.531 bits per heavy atom. The van der Waals surface area contributed by atoms with Crippen molar-refractivity contribution in [2.45, 2.75) is 123 Å². The molecule has 0 saturated carbocycles. The Labute approximate surface area is 203 Å². The van der Waals surface area contributed by atoms with Crippen LogP contribution >= 0.6 is 0 Å². The van der Waals surface area contributed by atoms with Crippen molar-refractivity contribution in [1.82, 2.24) is 0 Å². The molecule has 0 amide bonds. The molecule has 11 heteroatoms. The summed E-state index contributed by atoms with van der Waals surface area (Å²) in [4.78, 5) is 12.3. The van der Waals surface area contributed by atoms with Gasteiger partial charge in [-0.15, -0.1) is 0 Å². The van der Waals surface area contributed by atoms with Crippen LogP contribution in [0, 0.1) is 0 Å². The first-order valence-electron chi connectivity index (χ1n) is 11.7. The van der Waals surface area contributed by atoms with Gasteiger partial charge in [0.25, 0.3) is 0 Å². The van der Waals surface area contributed by atoms with E-state index in [4.69, 9.17) is 22.1 Å². The van der Waals surface area contributed by atoms with Crippen LogP contribution in [-0.4, -0.2) is 78.9 Å². The van der Waals surface area contributed by atoms with Crippen LogP contribution < -0.4 is 0 Å². The minimum absolute atomic E-state index is 0.325. The van der Waals surface area contributed by atoms with Crippen molar-refractivity contribution in [3.8, 4) is 0 Å². The number of carbonyl (C=O) groups excluding carboxylic acids is 1. The summed E-state index contributed by atoms with van der Waals surface area (Å²) in [5.41, 5.74) is 0. The molecule has 0 fully saturated rings. The van der Waals surface area contributed by atoms with E-state index in [-0.39, 0.29) is 6.10 Å². The lowest BCUT2D eigenvalue weighted by molar-refractivity contribution is -0.127. The molecule has 0 aliphatic heterocycles. The highest BCUT2D eigenvalue weighted by Crippen LogP contribution is 2.28. The molecular weight excluding hydrogens is 489 g/mol. The maximum Gasteiger partial charge on any atom is 0.184 e. The van der Waals surface area contributed by atoms with E-state index >= 15 is 0 Å². The van der Waals surface area contributed by atoms with E-state index in [9.17, 15) is 4.79 Å². The molecular formula is C21H52O6Si5. The largest absolute Gasteiger partial charge is 0.415 e. The number of aldehydes is 1. The first-order chi connectivity index (χ1) is 13.9. The van der Waals surface area contributed by atoms with Gasteiger partial charge in [0, 0.05) is 0 Å².